The summed E-state index contributed by atoms with van der Waals surface area (Å²) in [4.78, 5) is 37.8. The van der Waals surface area contributed by atoms with Crippen LogP contribution in [0.2, 0.25) is 0 Å². The first-order valence-corrected chi connectivity index (χ1v) is 12.8. The van der Waals surface area contributed by atoms with Gasteiger partial charge in [-0.25, -0.2) is 17.8 Å². The third-order valence-electron chi connectivity index (χ3n) is 6.46. The Bertz CT molecular complexity index is 1340. The highest BCUT2D eigenvalue weighted by Crippen LogP contribution is 2.33. The number of anilines is 1. The summed E-state index contributed by atoms with van der Waals surface area (Å²) in [6.07, 6.45) is 7.65. The van der Waals surface area contributed by atoms with Crippen molar-refractivity contribution in [2.75, 3.05) is 12.4 Å². The molecule has 2 aliphatic carbocycles. The van der Waals surface area contributed by atoms with Crippen LogP contribution in [0.5, 0.6) is 0 Å². The highest BCUT2D eigenvalue weighted by atomic mass is 32.2. The summed E-state index contributed by atoms with van der Waals surface area (Å²) < 4.78 is 29.5. The fourth-order valence-corrected chi connectivity index (χ4v) is 5.73. The van der Waals surface area contributed by atoms with E-state index in [1.807, 2.05) is 0 Å². The standard InChI is InChI=1S/C23H27N5O5S/c1-26(18-5-3-2-4-6-18)34(32,33)20-11-7-17(8-12-20)25-21(29)15-28-22(30)16(13-24)14-27(23(28)31)19-9-10-19/h7-8,11-12,14,18-19H,2-6,9-10,15H2,1H3,(H,25,29). The second-order valence-corrected chi connectivity index (χ2v) is 10.9. The van der Waals surface area contributed by atoms with Crippen molar-refractivity contribution in [2.45, 2.75) is 68.5 Å². The zero-order valence-electron chi connectivity index (χ0n) is 18.9. The molecule has 1 amide bonds. The van der Waals surface area contributed by atoms with E-state index in [1.165, 1.54) is 39.3 Å². The normalized spacial score (nSPS) is 16.9. The van der Waals surface area contributed by atoms with E-state index in [9.17, 15) is 28.1 Å². The molecule has 0 saturated heterocycles. The van der Waals surface area contributed by atoms with Crippen molar-refractivity contribution in [3.05, 3.63) is 56.9 Å². The molecule has 2 fully saturated rings. The first-order chi connectivity index (χ1) is 16.2. The van der Waals surface area contributed by atoms with E-state index in [-0.39, 0.29) is 22.5 Å². The molecule has 0 aliphatic heterocycles. The van der Waals surface area contributed by atoms with E-state index in [4.69, 9.17) is 0 Å². The van der Waals surface area contributed by atoms with Crippen LogP contribution in [0.15, 0.2) is 44.9 Å². The molecule has 1 heterocycles. The van der Waals surface area contributed by atoms with Gasteiger partial charge in [-0.2, -0.15) is 9.57 Å². The maximum atomic E-state index is 13.0. The van der Waals surface area contributed by atoms with Gasteiger partial charge in [0.1, 0.15) is 18.2 Å². The molecule has 0 bridgehead atoms. The zero-order chi connectivity index (χ0) is 24.5. The molecule has 1 aromatic heterocycles. The van der Waals surface area contributed by atoms with Crippen molar-refractivity contribution in [3.63, 3.8) is 0 Å². The quantitative estimate of drug-likeness (QED) is 0.636. The summed E-state index contributed by atoms with van der Waals surface area (Å²) in [5, 5.41) is 11.8. The van der Waals surface area contributed by atoms with Gasteiger partial charge in [-0.3, -0.25) is 14.2 Å². The van der Waals surface area contributed by atoms with Gasteiger partial charge < -0.3 is 5.32 Å². The second-order valence-electron chi connectivity index (χ2n) is 8.85. The van der Waals surface area contributed by atoms with Crippen LogP contribution in [-0.2, 0) is 21.4 Å². The molecule has 0 spiro atoms. The van der Waals surface area contributed by atoms with Crippen LogP contribution in [0.25, 0.3) is 0 Å². The predicted octanol–water partition coefficient (Wildman–Crippen LogP) is 1.81. The molecule has 1 aromatic carbocycles. The average Bonchev–Trinajstić information content (AvgIpc) is 3.68. The van der Waals surface area contributed by atoms with Crippen LogP contribution >= 0.6 is 0 Å². The van der Waals surface area contributed by atoms with Crippen molar-refractivity contribution >= 4 is 21.6 Å². The van der Waals surface area contributed by atoms with Crippen LogP contribution < -0.4 is 16.6 Å². The Balaban J connectivity index is 1.48. The van der Waals surface area contributed by atoms with Gasteiger partial charge in [0, 0.05) is 31.0 Å². The SMILES string of the molecule is CN(C1CCCCC1)S(=O)(=O)c1ccc(NC(=O)Cn2c(=O)c(C#N)cn(C3CC3)c2=O)cc1. The van der Waals surface area contributed by atoms with Gasteiger partial charge in [0.15, 0.2) is 0 Å². The summed E-state index contributed by atoms with van der Waals surface area (Å²) in [7, 11) is -2.06. The molecule has 0 unspecified atom stereocenters. The average molecular weight is 486 g/mol. The Morgan fingerprint density at radius 3 is 2.35 bits per heavy atom. The van der Waals surface area contributed by atoms with Crippen LogP contribution in [0.3, 0.4) is 0 Å². The minimum atomic E-state index is -3.66. The number of carbonyl (C=O) groups excluding carboxylic acids is 1. The molecule has 4 rings (SSSR count). The van der Waals surface area contributed by atoms with Crippen LogP contribution in [0.1, 0.15) is 56.6 Å². The molecular formula is C23H27N5O5S. The first kappa shape index (κ1) is 23.9. The van der Waals surface area contributed by atoms with Gasteiger partial charge in [0.2, 0.25) is 15.9 Å². The third kappa shape index (κ3) is 4.83. The molecule has 180 valence electrons. The fraction of sp³-hybridized carbons (Fsp3) is 0.478. The van der Waals surface area contributed by atoms with E-state index in [1.54, 1.807) is 13.1 Å². The van der Waals surface area contributed by atoms with Crippen molar-refractivity contribution in [1.82, 2.24) is 13.4 Å². The topological polar surface area (TPSA) is 134 Å². The van der Waals surface area contributed by atoms with Crippen LogP contribution in [0, 0.1) is 11.3 Å². The molecule has 2 aromatic rings. The Hall–Kier alpha value is -3.23. The van der Waals surface area contributed by atoms with Crippen LogP contribution in [-0.4, -0.2) is 40.9 Å². The molecule has 10 nitrogen and oxygen atoms in total. The molecule has 0 atom stereocenters. The number of nitriles is 1. The zero-order valence-corrected chi connectivity index (χ0v) is 19.8. The summed E-state index contributed by atoms with van der Waals surface area (Å²) in [6, 6.07) is 7.49. The van der Waals surface area contributed by atoms with Gasteiger partial charge >= 0.3 is 5.69 Å². The second kappa shape index (κ2) is 9.56. The number of hydrogen-bond acceptors (Lipinski definition) is 6. The lowest BCUT2D eigenvalue weighted by atomic mass is 9.96. The molecule has 2 saturated carbocycles. The Morgan fingerprint density at radius 2 is 1.76 bits per heavy atom. The molecule has 11 heteroatoms. The first-order valence-electron chi connectivity index (χ1n) is 11.4. The molecular weight excluding hydrogens is 458 g/mol. The van der Waals surface area contributed by atoms with Crippen molar-refractivity contribution in [1.29, 1.82) is 5.26 Å². The van der Waals surface area contributed by atoms with Gasteiger partial charge in [-0.05, 0) is 49.9 Å². The van der Waals surface area contributed by atoms with Crippen LogP contribution in [0.4, 0.5) is 5.69 Å². The molecule has 0 radical (unpaired) electrons. The van der Waals surface area contributed by atoms with Crippen molar-refractivity contribution in [2.24, 2.45) is 0 Å². The van der Waals surface area contributed by atoms with E-state index in [0.717, 1.165) is 49.5 Å². The van der Waals surface area contributed by atoms with Crippen molar-refractivity contribution in [3.8, 4) is 6.07 Å². The number of hydrogen-bond donors (Lipinski definition) is 1. The largest absolute Gasteiger partial charge is 0.331 e. The summed E-state index contributed by atoms with van der Waals surface area (Å²) in [5.41, 5.74) is -1.31. The highest BCUT2D eigenvalue weighted by molar-refractivity contribution is 7.89. The van der Waals surface area contributed by atoms with Gasteiger partial charge in [-0.15, -0.1) is 0 Å². The number of nitrogens with one attached hydrogen (secondary N) is 1. The minimum Gasteiger partial charge on any atom is -0.325 e. The van der Waals surface area contributed by atoms with Gasteiger partial charge in [-0.1, -0.05) is 19.3 Å². The van der Waals surface area contributed by atoms with E-state index < -0.39 is 33.7 Å². The minimum absolute atomic E-state index is 0.0136. The maximum Gasteiger partial charge on any atom is 0.331 e. The maximum absolute atomic E-state index is 13.0. The lowest BCUT2D eigenvalue weighted by Gasteiger charge is -2.30. The van der Waals surface area contributed by atoms with E-state index in [0.29, 0.717) is 5.69 Å². The van der Waals surface area contributed by atoms with Gasteiger partial charge in [0.05, 0.1) is 4.90 Å². The Morgan fingerprint density at radius 1 is 1.12 bits per heavy atom. The van der Waals surface area contributed by atoms with Gasteiger partial charge in [0.25, 0.3) is 5.56 Å². The number of sulfonamides is 1. The fourth-order valence-electron chi connectivity index (χ4n) is 4.31. The molecule has 2 aliphatic rings. The summed E-state index contributed by atoms with van der Waals surface area (Å²) in [5.74, 6) is -0.633. The number of aromatic nitrogens is 2. The number of nitrogens with zero attached hydrogens (tertiary/aromatic N) is 4. The lowest BCUT2D eigenvalue weighted by Crippen LogP contribution is -2.43. The smallest absolute Gasteiger partial charge is 0.325 e. The number of carbonyl (C=O) groups is 1. The van der Waals surface area contributed by atoms with Crippen molar-refractivity contribution < 1.29 is 13.2 Å². The summed E-state index contributed by atoms with van der Waals surface area (Å²) >= 11 is 0. The van der Waals surface area contributed by atoms with E-state index in [2.05, 4.69) is 5.32 Å². The third-order valence-corrected chi connectivity index (χ3v) is 8.39. The van der Waals surface area contributed by atoms with E-state index >= 15 is 0 Å². The Labute approximate surface area is 197 Å². The number of rotatable bonds is 7. The summed E-state index contributed by atoms with van der Waals surface area (Å²) in [6.45, 7) is -0.551. The monoisotopic (exact) mass is 485 g/mol. The predicted molar refractivity (Wildman–Crippen MR) is 125 cm³/mol. The highest BCUT2D eigenvalue weighted by Gasteiger charge is 2.29. The molecule has 1 N–H and O–H groups in total. The Kier molecular flexibility index (Phi) is 6.72. The number of amides is 1. The molecule has 34 heavy (non-hydrogen) atoms. The lowest BCUT2D eigenvalue weighted by molar-refractivity contribution is -0.116. The number of benzene rings is 1.